The van der Waals surface area contributed by atoms with E-state index in [1.807, 2.05) is 0 Å². The van der Waals surface area contributed by atoms with Crippen LogP contribution in [0.25, 0.3) is 0 Å². The monoisotopic (exact) mass is 227 g/mol. The minimum atomic E-state index is 0.239. The van der Waals surface area contributed by atoms with Crippen molar-refractivity contribution in [3.8, 4) is 0 Å². The Labute approximate surface area is 101 Å². The molecule has 3 heteroatoms. The fourth-order valence-electron chi connectivity index (χ4n) is 3.10. The normalized spacial score (nSPS) is 24.9. The van der Waals surface area contributed by atoms with E-state index in [2.05, 4.69) is 45.0 Å². The fraction of sp³-hybridized carbons (Fsp3) is 1.00. The van der Waals surface area contributed by atoms with Crippen molar-refractivity contribution < 1.29 is 0 Å². The molecular weight excluding hydrogens is 198 g/mol. The zero-order chi connectivity index (χ0) is 12.4. The van der Waals surface area contributed by atoms with Gasteiger partial charge in [0, 0.05) is 17.1 Å². The topological polar surface area (TPSA) is 41.3 Å². The summed E-state index contributed by atoms with van der Waals surface area (Å²) in [7, 11) is 2.23. The molecule has 1 fully saturated rings. The highest BCUT2D eigenvalue weighted by molar-refractivity contribution is 4.99. The molecule has 0 atom stereocenters. The molecule has 3 N–H and O–H groups in total. The molecule has 0 bridgehead atoms. The Balaban J connectivity index is 2.59. The predicted molar refractivity (Wildman–Crippen MR) is 70.6 cm³/mol. The molecule has 0 saturated carbocycles. The maximum Gasteiger partial charge on any atom is 0.0145 e. The molecule has 1 rings (SSSR count). The van der Waals surface area contributed by atoms with Crippen LogP contribution in [0, 0.1) is 0 Å². The zero-order valence-electron chi connectivity index (χ0n) is 11.6. The summed E-state index contributed by atoms with van der Waals surface area (Å²) >= 11 is 0. The first-order chi connectivity index (χ1) is 7.26. The first-order valence-corrected chi connectivity index (χ1v) is 6.45. The van der Waals surface area contributed by atoms with Gasteiger partial charge in [0.1, 0.15) is 0 Å². The van der Waals surface area contributed by atoms with Crippen molar-refractivity contribution >= 4 is 0 Å². The summed E-state index contributed by atoms with van der Waals surface area (Å²) in [5.41, 5.74) is 6.05. The number of nitrogens with two attached hydrogens (primary N) is 1. The van der Waals surface area contributed by atoms with Crippen molar-refractivity contribution in [1.29, 1.82) is 0 Å². The van der Waals surface area contributed by atoms with Crippen molar-refractivity contribution in [3.63, 3.8) is 0 Å². The quantitative estimate of drug-likeness (QED) is 0.766. The van der Waals surface area contributed by atoms with Crippen LogP contribution in [-0.4, -0.2) is 42.2 Å². The van der Waals surface area contributed by atoms with E-state index in [9.17, 15) is 0 Å². The summed E-state index contributed by atoms with van der Waals surface area (Å²) in [6.07, 6.45) is 3.54. The van der Waals surface area contributed by atoms with Gasteiger partial charge >= 0.3 is 0 Å². The van der Waals surface area contributed by atoms with Crippen LogP contribution in [0.3, 0.4) is 0 Å². The molecule has 0 amide bonds. The molecule has 1 aliphatic rings. The molecule has 0 spiro atoms. The van der Waals surface area contributed by atoms with Gasteiger partial charge < -0.3 is 16.0 Å². The van der Waals surface area contributed by atoms with Gasteiger partial charge in [-0.25, -0.2) is 0 Å². The van der Waals surface area contributed by atoms with Gasteiger partial charge in [-0.1, -0.05) is 0 Å². The second-order valence-electron chi connectivity index (χ2n) is 6.58. The molecule has 1 aliphatic heterocycles. The Morgan fingerprint density at radius 3 is 2.12 bits per heavy atom. The summed E-state index contributed by atoms with van der Waals surface area (Å²) in [5.74, 6) is 0. The van der Waals surface area contributed by atoms with Crippen LogP contribution in [0.2, 0.25) is 0 Å². The van der Waals surface area contributed by atoms with Crippen molar-refractivity contribution in [3.05, 3.63) is 0 Å². The van der Waals surface area contributed by atoms with E-state index in [1.165, 1.54) is 12.8 Å². The predicted octanol–water partition coefficient (Wildman–Crippen LogP) is 1.58. The lowest BCUT2D eigenvalue weighted by Gasteiger charge is -2.49. The first kappa shape index (κ1) is 13.9. The largest absolute Gasteiger partial charge is 0.330 e. The lowest BCUT2D eigenvalue weighted by Crippen LogP contribution is -2.61. The van der Waals surface area contributed by atoms with Gasteiger partial charge in [-0.15, -0.1) is 0 Å². The minimum absolute atomic E-state index is 0.239. The van der Waals surface area contributed by atoms with E-state index >= 15 is 0 Å². The minimum Gasteiger partial charge on any atom is -0.330 e. The third kappa shape index (κ3) is 4.04. The number of nitrogens with one attached hydrogen (secondary N) is 1. The Kier molecular flexibility index (Phi) is 4.38. The van der Waals surface area contributed by atoms with Gasteiger partial charge in [-0.2, -0.15) is 0 Å². The summed E-state index contributed by atoms with van der Waals surface area (Å²) in [4.78, 5) is 2.48. The van der Waals surface area contributed by atoms with Crippen molar-refractivity contribution in [2.45, 2.75) is 64.1 Å². The van der Waals surface area contributed by atoms with Crippen LogP contribution in [0.5, 0.6) is 0 Å². The Morgan fingerprint density at radius 1 is 1.19 bits per heavy atom. The van der Waals surface area contributed by atoms with Crippen LogP contribution >= 0.6 is 0 Å². The maximum absolute atomic E-state index is 5.57. The molecule has 0 aromatic carbocycles. The van der Waals surface area contributed by atoms with Crippen molar-refractivity contribution in [1.82, 2.24) is 10.2 Å². The third-order valence-corrected chi connectivity index (χ3v) is 3.51. The van der Waals surface area contributed by atoms with E-state index in [0.29, 0.717) is 6.04 Å². The Bertz CT molecular complexity index is 207. The molecule has 0 aromatic rings. The second kappa shape index (κ2) is 5.03. The highest BCUT2D eigenvalue weighted by Crippen LogP contribution is 2.30. The van der Waals surface area contributed by atoms with Gasteiger partial charge in [0.25, 0.3) is 0 Å². The number of hydrogen-bond acceptors (Lipinski definition) is 3. The van der Waals surface area contributed by atoms with Crippen molar-refractivity contribution in [2.24, 2.45) is 5.73 Å². The molecule has 1 saturated heterocycles. The first-order valence-electron chi connectivity index (χ1n) is 6.45. The molecule has 0 aliphatic carbocycles. The smallest absolute Gasteiger partial charge is 0.0145 e. The van der Waals surface area contributed by atoms with Crippen LogP contribution in [0.1, 0.15) is 47.0 Å². The summed E-state index contributed by atoms with van der Waals surface area (Å²) in [6.45, 7) is 11.1. The molecule has 0 aromatic heterocycles. The molecule has 96 valence electrons. The fourth-order valence-corrected chi connectivity index (χ4v) is 3.10. The van der Waals surface area contributed by atoms with Gasteiger partial charge in [0.2, 0.25) is 0 Å². The van der Waals surface area contributed by atoms with E-state index in [0.717, 1.165) is 19.5 Å². The number of nitrogens with zero attached hydrogens (tertiary/aromatic N) is 1. The molecule has 16 heavy (non-hydrogen) atoms. The average Bonchev–Trinajstić information content (AvgIpc) is 2.09. The Hall–Kier alpha value is -0.120. The SMILES string of the molecule is CN(CCCN)C1CC(C)(C)NC(C)(C)C1. The van der Waals surface area contributed by atoms with Crippen LogP contribution in [-0.2, 0) is 0 Å². The second-order valence-corrected chi connectivity index (χ2v) is 6.58. The van der Waals surface area contributed by atoms with Crippen LogP contribution in [0.4, 0.5) is 0 Å². The van der Waals surface area contributed by atoms with Crippen LogP contribution in [0.15, 0.2) is 0 Å². The van der Waals surface area contributed by atoms with Gasteiger partial charge in [0.05, 0.1) is 0 Å². The standard InChI is InChI=1S/C13H29N3/c1-12(2)9-11(10-13(3,4)15-12)16(5)8-6-7-14/h11,15H,6-10,14H2,1-5H3. The summed E-state index contributed by atoms with van der Waals surface area (Å²) in [5, 5.41) is 3.72. The van der Waals surface area contributed by atoms with Crippen molar-refractivity contribution in [2.75, 3.05) is 20.1 Å². The number of rotatable bonds is 4. The number of hydrogen-bond donors (Lipinski definition) is 2. The lowest BCUT2D eigenvalue weighted by molar-refractivity contribution is 0.0813. The molecule has 0 radical (unpaired) electrons. The number of piperidine rings is 1. The highest BCUT2D eigenvalue weighted by Gasteiger charge is 2.38. The van der Waals surface area contributed by atoms with Gasteiger partial charge in [0.15, 0.2) is 0 Å². The average molecular weight is 227 g/mol. The Morgan fingerprint density at radius 2 is 1.69 bits per heavy atom. The van der Waals surface area contributed by atoms with E-state index < -0.39 is 0 Å². The summed E-state index contributed by atoms with van der Waals surface area (Å²) < 4.78 is 0. The van der Waals surface area contributed by atoms with E-state index in [1.54, 1.807) is 0 Å². The maximum atomic E-state index is 5.57. The van der Waals surface area contributed by atoms with Crippen LogP contribution < -0.4 is 11.1 Å². The van der Waals surface area contributed by atoms with E-state index in [4.69, 9.17) is 5.73 Å². The molecule has 3 nitrogen and oxygen atoms in total. The van der Waals surface area contributed by atoms with Gasteiger partial charge in [-0.3, -0.25) is 0 Å². The molecular formula is C13H29N3. The zero-order valence-corrected chi connectivity index (χ0v) is 11.6. The van der Waals surface area contributed by atoms with E-state index in [-0.39, 0.29) is 11.1 Å². The third-order valence-electron chi connectivity index (χ3n) is 3.51. The van der Waals surface area contributed by atoms with Gasteiger partial charge in [-0.05, 0) is 67.1 Å². The molecule has 1 heterocycles. The summed E-state index contributed by atoms with van der Waals surface area (Å²) in [6, 6.07) is 0.679. The highest BCUT2D eigenvalue weighted by atomic mass is 15.2. The molecule has 0 unspecified atom stereocenters. The lowest BCUT2D eigenvalue weighted by atomic mass is 9.79.